The van der Waals surface area contributed by atoms with Crippen LogP contribution < -0.4 is 5.32 Å². The molecule has 1 aromatic heterocycles. The van der Waals surface area contributed by atoms with Crippen molar-refractivity contribution in [3.05, 3.63) is 41.3 Å². The second-order valence-electron chi connectivity index (χ2n) is 5.02. The van der Waals surface area contributed by atoms with Crippen LogP contribution >= 0.6 is 0 Å². The smallest absolute Gasteiger partial charge is 0.245 e. The van der Waals surface area contributed by atoms with Gasteiger partial charge in [0.25, 0.3) is 0 Å². The Morgan fingerprint density at radius 1 is 1.37 bits per heavy atom. The molecule has 0 aliphatic rings. The van der Waals surface area contributed by atoms with Crippen LogP contribution in [-0.4, -0.2) is 10.1 Å². The van der Waals surface area contributed by atoms with E-state index in [-0.39, 0.29) is 5.82 Å². The second kappa shape index (κ2) is 5.82. The number of hydrogen-bond acceptors (Lipinski definition) is 4. The first kappa shape index (κ1) is 13.5. The Morgan fingerprint density at radius 2 is 2.16 bits per heavy atom. The third-order valence-corrected chi connectivity index (χ3v) is 2.73. The van der Waals surface area contributed by atoms with Gasteiger partial charge < -0.3 is 9.84 Å². The molecule has 102 valence electrons. The van der Waals surface area contributed by atoms with Gasteiger partial charge in [-0.25, -0.2) is 4.39 Å². The van der Waals surface area contributed by atoms with E-state index in [2.05, 4.69) is 29.3 Å². The van der Waals surface area contributed by atoms with Crippen LogP contribution in [0.5, 0.6) is 0 Å². The molecule has 0 saturated heterocycles. The number of rotatable bonds is 5. The normalized spacial score (nSPS) is 11.0. The van der Waals surface area contributed by atoms with Crippen LogP contribution in [0.1, 0.15) is 31.1 Å². The highest BCUT2D eigenvalue weighted by molar-refractivity contribution is 5.50. The van der Waals surface area contributed by atoms with E-state index in [4.69, 9.17) is 4.52 Å². The van der Waals surface area contributed by atoms with Crippen LogP contribution in [0.15, 0.2) is 22.7 Å². The Kier molecular flexibility index (Phi) is 4.14. The van der Waals surface area contributed by atoms with Crippen molar-refractivity contribution in [2.24, 2.45) is 5.92 Å². The number of nitrogens with zero attached hydrogens (tertiary/aromatic N) is 2. The summed E-state index contributed by atoms with van der Waals surface area (Å²) in [4.78, 5) is 4.28. The molecule has 0 spiro atoms. The molecule has 1 heterocycles. The molecule has 5 heteroatoms. The standard InChI is InChI=1S/C14H18FN3O/c1-9(2)6-13-17-14(19-18-13)8-16-12-7-11(15)5-4-10(12)3/h4-5,7,9,16H,6,8H2,1-3H3. The Balaban J connectivity index is 1.98. The summed E-state index contributed by atoms with van der Waals surface area (Å²) in [6.07, 6.45) is 0.794. The summed E-state index contributed by atoms with van der Waals surface area (Å²) in [5, 5.41) is 7.01. The first-order valence-electron chi connectivity index (χ1n) is 6.36. The molecule has 0 fully saturated rings. The summed E-state index contributed by atoms with van der Waals surface area (Å²) >= 11 is 0. The zero-order chi connectivity index (χ0) is 13.8. The molecule has 0 unspecified atom stereocenters. The molecule has 0 radical (unpaired) electrons. The van der Waals surface area contributed by atoms with Crippen molar-refractivity contribution in [3.63, 3.8) is 0 Å². The van der Waals surface area contributed by atoms with Crippen molar-refractivity contribution in [1.82, 2.24) is 10.1 Å². The maximum Gasteiger partial charge on any atom is 0.245 e. The van der Waals surface area contributed by atoms with Crippen molar-refractivity contribution in [2.45, 2.75) is 33.7 Å². The molecule has 0 amide bonds. The average molecular weight is 263 g/mol. The van der Waals surface area contributed by atoms with Gasteiger partial charge in [-0.15, -0.1) is 0 Å². The van der Waals surface area contributed by atoms with Gasteiger partial charge in [0.05, 0.1) is 6.54 Å². The number of benzene rings is 1. The SMILES string of the molecule is Cc1ccc(F)cc1NCc1nc(CC(C)C)no1. The second-order valence-corrected chi connectivity index (χ2v) is 5.02. The lowest BCUT2D eigenvalue weighted by Crippen LogP contribution is -2.02. The Bertz CT molecular complexity index is 551. The van der Waals surface area contributed by atoms with Gasteiger partial charge in [0.15, 0.2) is 5.82 Å². The van der Waals surface area contributed by atoms with Crippen LogP contribution in [0.3, 0.4) is 0 Å². The molecular weight excluding hydrogens is 245 g/mol. The molecule has 1 N–H and O–H groups in total. The van der Waals surface area contributed by atoms with Gasteiger partial charge >= 0.3 is 0 Å². The van der Waals surface area contributed by atoms with Crippen molar-refractivity contribution in [3.8, 4) is 0 Å². The van der Waals surface area contributed by atoms with Gasteiger partial charge in [-0.1, -0.05) is 25.1 Å². The number of aryl methyl sites for hydroxylation is 1. The largest absolute Gasteiger partial charge is 0.376 e. The van der Waals surface area contributed by atoms with E-state index in [1.54, 1.807) is 6.07 Å². The van der Waals surface area contributed by atoms with E-state index in [1.807, 2.05) is 6.92 Å². The molecule has 19 heavy (non-hydrogen) atoms. The minimum atomic E-state index is -0.265. The van der Waals surface area contributed by atoms with Crippen LogP contribution in [-0.2, 0) is 13.0 Å². The van der Waals surface area contributed by atoms with Crippen LogP contribution in [0.2, 0.25) is 0 Å². The lowest BCUT2D eigenvalue weighted by molar-refractivity contribution is 0.375. The minimum Gasteiger partial charge on any atom is -0.376 e. The van der Waals surface area contributed by atoms with Crippen molar-refractivity contribution in [2.75, 3.05) is 5.32 Å². The van der Waals surface area contributed by atoms with Gasteiger partial charge in [0, 0.05) is 12.1 Å². The Morgan fingerprint density at radius 3 is 2.89 bits per heavy atom. The molecule has 0 bridgehead atoms. The zero-order valence-corrected chi connectivity index (χ0v) is 11.4. The van der Waals surface area contributed by atoms with Gasteiger partial charge in [0.2, 0.25) is 5.89 Å². The van der Waals surface area contributed by atoms with Gasteiger partial charge in [0.1, 0.15) is 5.82 Å². The number of hydrogen-bond donors (Lipinski definition) is 1. The van der Waals surface area contributed by atoms with E-state index < -0.39 is 0 Å². The van der Waals surface area contributed by atoms with Crippen LogP contribution in [0, 0.1) is 18.7 Å². The molecule has 0 aliphatic heterocycles. The predicted molar refractivity (Wildman–Crippen MR) is 71.3 cm³/mol. The molecule has 0 aliphatic carbocycles. The quantitative estimate of drug-likeness (QED) is 0.899. The van der Waals surface area contributed by atoms with Crippen LogP contribution in [0.25, 0.3) is 0 Å². The fourth-order valence-corrected chi connectivity index (χ4v) is 1.77. The molecule has 2 rings (SSSR count). The molecule has 1 aromatic carbocycles. The van der Waals surface area contributed by atoms with E-state index in [9.17, 15) is 4.39 Å². The first-order valence-corrected chi connectivity index (χ1v) is 6.36. The number of nitrogens with one attached hydrogen (secondary N) is 1. The van der Waals surface area contributed by atoms with E-state index in [0.29, 0.717) is 24.2 Å². The summed E-state index contributed by atoms with van der Waals surface area (Å²) in [5.41, 5.74) is 1.71. The monoisotopic (exact) mass is 263 g/mol. The molecule has 2 aromatic rings. The summed E-state index contributed by atoms with van der Waals surface area (Å²) in [5.74, 6) is 1.45. The summed E-state index contributed by atoms with van der Waals surface area (Å²) in [6, 6.07) is 4.63. The average Bonchev–Trinajstić information content (AvgIpc) is 2.77. The highest BCUT2D eigenvalue weighted by atomic mass is 19.1. The van der Waals surface area contributed by atoms with Crippen LogP contribution in [0.4, 0.5) is 10.1 Å². The van der Waals surface area contributed by atoms with E-state index in [0.717, 1.165) is 17.7 Å². The lowest BCUT2D eigenvalue weighted by Gasteiger charge is -2.06. The minimum absolute atomic E-state index is 0.265. The van der Waals surface area contributed by atoms with Crippen molar-refractivity contribution >= 4 is 5.69 Å². The zero-order valence-electron chi connectivity index (χ0n) is 11.4. The summed E-state index contributed by atoms with van der Waals surface area (Å²) in [7, 11) is 0. The van der Waals surface area contributed by atoms with Gasteiger partial charge in [-0.2, -0.15) is 4.98 Å². The highest BCUT2D eigenvalue weighted by Gasteiger charge is 2.08. The molecule has 4 nitrogen and oxygen atoms in total. The number of aromatic nitrogens is 2. The van der Waals surface area contributed by atoms with Gasteiger partial charge in [-0.3, -0.25) is 0 Å². The third kappa shape index (κ3) is 3.77. The predicted octanol–water partition coefficient (Wildman–Crippen LogP) is 3.33. The third-order valence-electron chi connectivity index (χ3n) is 2.73. The first-order chi connectivity index (χ1) is 9.04. The fourth-order valence-electron chi connectivity index (χ4n) is 1.77. The summed E-state index contributed by atoms with van der Waals surface area (Å²) < 4.78 is 18.3. The highest BCUT2D eigenvalue weighted by Crippen LogP contribution is 2.16. The fraction of sp³-hybridized carbons (Fsp3) is 0.429. The number of halogens is 1. The topological polar surface area (TPSA) is 51.0 Å². The van der Waals surface area contributed by atoms with Crippen molar-refractivity contribution < 1.29 is 8.91 Å². The van der Waals surface area contributed by atoms with E-state index in [1.165, 1.54) is 12.1 Å². The Hall–Kier alpha value is -1.91. The lowest BCUT2D eigenvalue weighted by atomic mass is 10.1. The van der Waals surface area contributed by atoms with E-state index >= 15 is 0 Å². The number of anilines is 1. The van der Waals surface area contributed by atoms with Crippen molar-refractivity contribution in [1.29, 1.82) is 0 Å². The molecular formula is C14H18FN3O. The summed E-state index contributed by atoms with van der Waals surface area (Å²) in [6.45, 7) is 6.52. The molecule has 0 saturated carbocycles. The maximum absolute atomic E-state index is 13.1. The molecule has 0 atom stereocenters. The maximum atomic E-state index is 13.1. The Labute approximate surface area is 112 Å². The van der Waals surface area contributed by atoms with Gasteiger partial charge in [-0.05, 0) is 30.5 Å².